The Kier molecular flexibility index (Phi) is 5.80. The molecule has 5 aliphatic rings. The predicted octanol–water partition coefficient (Wildman–Crippen LogP) is 4.68. The number of hydrogen-bond acceptors (Lipinski definition) is 5. The van der Waals surface area contributed by atoms with Crippen molar-refractivity contribution >= 4 is 0 Å². The van der Waals surface area contributed by atoms with Crippen LogP contribution in [0, 0.1) is 45.3 Å². The average Bonchev–Trinajstić information content (AvgIpc) is 3.11. The molecule has 35 heavy (non-hydrogen) atoms. The third-order valence-electron chi connectivity index (χ3n) is 13.2. The molecule has 5 fully saturated rings. The Hall–Kier alpha value is -0.200. The van der Waals surface area contributed by atoms with Gasteiger partial charge in [0, 0.05) is 0 Å². The molecule has 0 unspecified atom stereocenters. The maximum Gasteiger partial charge on any atom is 0.0891 e. The molecule has 0 amide bonds. The lowest BCUT2D eigenvalue weighted by Crippen LogP contribution is -2.70. The number of aliphatic hydroxyl groups is 4. The standard InChI is InChI=1S/C30H52O5/c1-25(2)21(33)10-12-27(5)20-15-18(31)23-17(30(8)14-11-22(34)26(3,4)35-30)9-13-28(23,6)29(20,7)16-19(32)24(25)27/h17-24,31-34H,9-16H2,1-8H3/t17-,18+,19-,20+,21-,22+,23-,24-,27+,28+,29+,30-/m0/s1. The van der Waals surface area contributed by atoms with Gasteiger partial charge in [-0.05, 0) is 117 Å². The Morgan fingerprint density at radius 2 is 1.31 bits per heavy atom. The highest BCUT2D eigenvalue weighted by Crippen LogP contribution is 2.76. The first-order valence-corrected chi connectivity index (χ1v) is 14.4. The van der Waals surface area contributed by atoms with E-state index in [9.17, 15) is 20.4 Å². The van der Waals surface area contributed by atoms with Gasteiger partial charge >= 0.3 is 0 Å². The van der Waals surface area contributed by atoms with Gasteiger partial charge in [-0.15, -0.1) is 0 Å². The van der Waals surface area contributed by atoms with Crippen molar-refractivity contribution in [3.05, 3.63) is 0 Å². The summed E-state index contributed by atoms with van der Waals surface area (Å²) < 4.78 is 6.70. The fourth-order valence-electron chi connectivity index (χ4n) is 11.4. The quantitative estimate of drug-likeness (QED) is 0.427. The molecule has 0 aromatic heterocycles. The molecule has 0 bridgehead atoms. The summed E-state index contributed by atoms with van der Waals surface area (Å²) in [4.78, 5) is 0. The fourth-order valence-corrected chi connectivity index (χ4v) is 11.4. The third kappa shape index (κ3) is 3.30. The van der Waals surface area contributed by atoms with E-state index < -0.39 is 30.0 Å². The number of aliphatic hydroxyl groups excluding tert-OH is 4. The molecule has 4 N–H and O–H groups in total. The second-order valence-corrected chi connectivity index (χ2v) is 15.6. The first-order chi connectivity index (χ1) is 15.9. The van der Waals surface area contributed by atoms with Crippen LogP contribution < -0.4 is 0 Å². The minimum Gasteiger partial charge on any atom is -0.393 e. The molecular formula is C30H52O5. The van der Waals surface area contributed by atoms with Crippen LogP contribution in [0.4, 0.5) is 0 Å². The number of rotatable bonds is 1. The van der Waals surface area contributed by atoms with E-state index in [4.69, 9.17) is 4.74 Å². The Balaban J connectivity index is 1.53. The van der Waals surface area contributed by atoms with Crippen LogP contribution in [0.3, 0.4) is 0 Å². The summed E-state index contributed by atoms with van der Waals surface area (Å²) in [5.74, 6) is 0.694. The van der Waals surface area contributed by atoms with Crippen molar-refractivity contribution in [1.82, 2.24) is 0 Å². The molecule has 0 aromatic carbocycles. The Labute approximate surface area is 213 Å². The maximum atomic E-state index is 11.9. The van der Waals surface area contributed by atoms with Crippen molar-refractivity contribution in [2.24, 2.45) is 45.3 Å². The van der Waals surface area contributed by atoms with E-state index in [0.717, 1.165) is 51.4 Å². The van der Waals surface area contributed by atoms with Crippen LogP contribution in [-0.2, 0) is 4.74 Å². The smallest absolute Gasteiger partial charge is 0.0891 e. The van der Waals surface area contributed by atoms with E-state index in [2.05, 4.69) is 41.5 Å². The molecule has 12 atom stereocenters. The lowest BCUT2D eigenvalue weighted by Gasteiger charge is -2.71. The minimum absolute atomic E-state index is 0.0304. The van der Waals surface area contributed by atoms with E-state index in [1.54, 1.807) is 0 Å². The molecule has 1 heterocycles. The van der Waals surface area contributed by atoms with Gasteiger partial charge in [0.05, 0.1) is 35.6 Å². The van der Waals surface area contributed by atoms with E-state index >= 15 is 0 Å². The molecule has 202 valence electrons. The zero-order valence-electron chi connectivity index (χ0n) is 23.5. The van der Waals surface area contributed by atoms with Gasteiger partial charge in [0.25, 0.3) is 0 Å². The first kappa shape index (κ1) is 26.4. The molecule has 0 aromatic rings. The van der Waals surface area contributed by atoms with Crippen molar-refractivity contribution in [3.8, 4) is 0 Å². The third-order valence-corrected chi connectivity index (χ3v) is 13.2. The Morgan fingerprint density at radius 1 is 0.686 bits per heavy atom. The van der Waals surface area contributed by atoms with Gasteiger partial charge in [0.1, 0.15) is 0 Å². The summed E-state index contributed by atoms with van der Waals surface area (Å²) in [6.07, 6.45) is 5.07. The monoisotopic (exact) mass is 492 g/mol. The molecule has 1 aliphatic heterocycles. The van der Waals surface area contributed by atoms with Gasteiger partial charge in [0.15, 0.2) is 0 Å². The summed E-state index contributed by atoms with van der Waals surface area (Å²) in [6, 6.07) is 0. The van der Waals surface area contributed by atoms with Crippen molar-refractivity contribution in [1.29, 1.82) is 0 Å². The van der Waals surface area contributed by atoms with Gasteiger partial charge in [-0.1, -0.05) is 34.6 Å². The van der Waals surface area contributed by atoms with Gasteiger partial charge < -0.3 is 25.2 Å². The summed E-state index contributed by atoms with van der Waals surface area (Å²) in [7, 11) is 0. The molecular weight excluding hydrogens is 440 g/mol. The summed E-state index contributed by atoms with van der Waals surface area (Å²) in [5.41, 5.74) is -1.60. The molecule has 5 heteroatoms. The highest BCUT2D eigenvalue weighted by molar-refractivity contribution is 5.22. The van der Waals surface area contributed by atoms with Crippen molar-refractivity contribution in [3.63, 3.8) is 0 Å². The highest BCUT2D eigenvalue weighted by Gasteiger charge is 2.73. The van der Waals surface area contributed by atoms with Crippen LogP contribution >= 0.6 is 0 Å². The van der Waals surface area contributed by atoms with Crippen LogP contribution in [-0.4, -0.2) is 56.0 Å². The zero-order valence-corrected chi connectivity index (χ0v) is 23.5. The normalized spacial score (nSPS) is 59.3. The minimum atomic E-state index is -0.589. The van der Waals surface area contributed by atoms with Crippen LogP contribution in [0.2, 0.25) is 0 Å². The molecule has 1 saturated heterocycles. The molecule has 4 aliphatic carbocycles. The SMILES string of the molecule is CC1(C)O[C@](C)([C@H]2CC[C@]3(C)[C@@H]2[C@H](O)C[C@@H]2[C@@]4(C)CC[C@H](O)C(C)(C)[C@@H]4[C@@H](O)C[C@]23C)CC[C@H]1O. The first-order valence-electron chi connectivity index (χ1n) is 14.4. The van der Waals surface area contributed by atoms with Crippen molar-refractivity contribution in [2.75, 3.05) is 0 Å². The lowest BCUT2D eigenvalue weighted by atomic mass is 9.34. The fraction of sp³-hybridized carbons (Fsp3) is 1.00. The topological polar surface area (TPSA) is 90.2 Å². The summed E-state index contributed by atoms with van der Waals surface area (Å²) >= 11 is 0. The van der Waals surface area contributed by atoms with E-state index in [1.165, 1.54) is 0 Å². The van der Waals surface area contributed by atoms with Gasteiger partial charge in [-0.25, -0.2) is 0 Å². The number of hydrogen-bond donors (Lipinski definition) is 4. The highest BCUT2D eigenvalue weighted by atomic mass is 16.5. The summed E-state index contributed by atoms with van der Waals surface area (Å²) in [5, 5.41) is 45.1. The molecule has 0 spiro atoms. The second-order valence-electron chi connectivity index (χ2n) is 15.6. The zero-order chi connectivity index (χ0) is 26.0. The number of ether oxygens (including phenoxy) is 1. The van der Waals surface area contributed by atoms with E-state index in [-0.39, 0.29) is 45.0 Å². The average molecular weight is 493 g/mol. The lowest BCUT2D eigenvalue weighted by molar-refractivity contribution is -0.284. The van der Waals surface area contributed by atoms with E-state index in [1.807, 2.05) is 13.8 Å². The second kappa shape index (κ2) is 7.68. The van der Waals surface area contributed by atoms with Gasteiger partial charge in [-0.2, -0.15) is 0 Å². The number of fused-ring (bicyclic) bond motifs is 5. The van der Waals surface area contributed by atoms with Crippen molar-refractivity contribution < 1.29 is 25.2 Å². The Bertz CT molecular complexity index is 856. The summed E-state index contributed by atoms with van der Waals surface area (Å²) in [6.45, 7) is 17.7. The Morgan fingerprint density at radius 3 is 1.94 bits per heavy atom. The molecule has 5 rings (SSSR count). The van der Waals surface area contributed by atoms with E-state index in [0.29, 0.717) is 5.92 Å². The van der Waals surface area contributed by atoms with Gasteiger partial charge in [0.2, 0.25) is 0 Å². The predicted molar refractivity (Wildman–Crippen MR) is 137 cm³/mol. The molecule has 5 nitrogen and oxygen atoms in total. The van der Waals surface area contributed by atoms with Crippen LogP contribution in [0.25, 0.3) is 0 Å². The van der Waals surface area contributed by atoms with Crippen molar-refractivity contribution in [2.45, 2.75) is 142 Å². The molecule has 0 radical (unpaired) electrons. The maximum absolute atomic E-state index is 11.9. The largest absolute Gasteiger partial charge is 0.393 e. The molecule has 4 saturated carbocycles. The van der Waals surface area contributed by atoms with Crippen LogP contribution in [0.15, 0.2) is 0 Å². The van der Waals surface area contributed by atoms with Crippen LogP contribution in [0.5, 0.6) is 0 Å². The van der Waals surface area contributed by atoms with Crippen LogP contribution in [0.1, 0.15) is 107 Å². The van der Waals surface area contributed by atoms with Gasteiger partial charge in [-0.3, -0.25) is 0 Å².